The number of ether oxygens (including phenoxy) is 1. The van der Waals surface area contributed by atoms with Crippen molar-refractivity contribution in [1.82, 2.24) is 19.6 Å². The molecule has 1 aromatic heterocycles. The normalized spacial score (nSPS) is 17.4. The van der Waals surface area contributed by atoms with E-state index in [-0.39, 0.29) is 0 Å². The van der Waals surface area contributed by atoms with Gasteiger partial charge in [0.1, 0.15) is 5.75 Å². The lowest BCUT2D eigenvalue weighted by molar-refractivity contribution is 0.122. The summed E-state index contributed by atoms with van der Waals surface area (Å²) in [5.74, 6) is 1.07. The molecule has 5 heteroatoms. The van der Waals surface area contributed by atoms with E-state index in [1.165, 1.54) is 16.7 Å². The highest BCUT2D eigenvalue weighted by Gasteiger charge is 2.19. The molecule has 0 amide bonds. The van der Waals surface area contributed by atoms with Crippen LogP contribution in [0.5, 0.6) is 5.75 Å². The lowest BCUT2D eigenvalue weighted by Crippen LogP contribution is -2.45. The average Bonchev–Trinajstić information content (AvgIpc) is 3.39. The number of para-hydroxylation sites is 1. The number of fused-ring (bicyclic) bond motifs is 1. The Morgan fingerprint density at radius 1 is 0.857 bits per heavy atom. The summed E-state index contributed by atoms with van der Waals surface area (Å²) in [5, 5.41) is 4.52. The monoisotopic (exact) mass is 374 g/mol. The minimum atomic E-state index is 0.832. The largest absolute Gasteiger partial charge is 0.493 e. The Morgan fingerprint density at radius 3 is 2.39 bits per heavy atom. The highest BCUT2D eigenvalue weighted by Crippen LogP contribution is 2.26. The third-order valence-corrected chi connectivity index (χ3v) is 5.69. The fourth-order valence-corrected chi connectivity index (χ4v) is 4.12. The molecule has 2 aromatic carbocycles. The third kappa shape index (κ3) is 3.81. The van der Waals surface area contributed by atoms with E-state index in [2.05, 4.69) is 51.4 Å². The molecule has 0 aliphatic carbocycles. The summed E-state index contributed by atoms with van der Waals surface area (Å²) in [6, 6.07) is 17.0. The number of rotatable bonds is 5. The molecule has 0 radical (unpaired) electrons. The van der Waals surface area contributed by atoms with Crippen molar-refractivity contribution >= 4 is 0 Å². The quantitative estimate of drug-likeness (QED) is 0.687. The van der Waals surface area contributed by atoms with Crippen LogP contribution in [0.25, 0.3) is 5.69 Å². The first-order valence-electron chi connectivity index (χ1n) is 10.1. The van der Waals surface area contributed by atoms with Gasteiger partial charge in [0.05, 0.1) is 18.5 Å². The van der Waals surface area contributed by atoms with E-state index in [9.17, 15) is 0 Å². The van der Waals surface area contributed by atoms with Crippen LogP contribution in [-0.4, -0.2) is 52.4 Å². The van der Waals surface area contributed by atoms with Crippen LogP contribution < -0.4 is 4.74 Å². The molecule has 0 spiro atoms. The van der Waals surface area contributed by atoms with Gasteiger partial charge < -0.3 is 4.74 Å². The molecule has 5 rings (SSSR count). The van der Waals surface area contributed by atoms with Crippen molar-refractivity contribution in [2.45, 2.75) is 19.5 Å². The van der Waals surface area contributed by atoms with Gasteiger partial charge in [-0.1, -0.05) is 30.3 Å². The molecule has 1 fully saturated rings. The number of hydrogen-bond acceptors (Lipinski definition) is 4. The Hall–Kier alpha value is -2.63. The van der Waals surface area contributed by atoms with Gasteiger partial charge in [0.15, 0.2) is 0 Å². The maximum atomic E-state index is 5.62. The van der Waals surface area contributed by atoms with E-state index >= 15 is 0 Å². The van der Waals surface area contributed by atoms with Crippen LogP contribution in [0.4, 0.5) is 0 Å². The minimum Gasteiger partial charge on any atom is -0.493 e. The summed E-state index contributed by atoms with van der Waals surface area (Å²) >= 11 is 0. The van der Waals surface area contributed by atoms with Crippen LogP contribution in [0, 0.1) is 0 Å². The van der Waals surface area contributed by atoms with Crippen molar-refractivity contribution in [3.05, 3.63) is 77.6 Å². The standard InChI is InChI=1S/C23H26N4O/c1-2-4-22(5-3-1)27-18-20(15-24-27)17-26-11-9-25(10-12-26)16-19-6-7-23-21(14-19)8-13-28-23/h1-7,14-15,18H,8-13,16-17H2. The van der Waals surface area contributed by atoms with E-state index in [1.54, 1.807) is 0 Å². The Labute approximate surface area is 166 Å². The van der Waals surface area contributed by atoms with Gasteiger partial charge in [0.25, 0.3) is 0 Å². The molecule has 1 saturated heterocycles. The van der Waals surface area contributed by atoms with Crippen molar-refractivity contribution in [3.8, 4) is 11.4 Å². The Balaban J connectivity index is 1.14. The van der Waals surface area contributed by atoms with Gasteiger partial charge in [-0.05, 0) is 29.3 Å². The Bertz CT molecular complexity index is 929. The van der Waals surface area contributed by atoms with Crippen LogP contribution in [0.15, 0.2) is 60.9 Å². The molecular weight excluding hydrogens is 348 g/mol. The minimum absolute atomic E-state index is 0.832. The van der Waals surface area contributed by atoms with Crippen LogP contribution in [0.3, 0.4) is 0 Å². The summed E-state index contributed by atoms with van der Waals surface area (Å²) in [4.78, 5) is 5.08. The van der Waals surface area contributed by atoms with E-state index in [0.717, 1.165) is 63.7 Å². The van der Waals surface area contributed by atoms with Gasteiger partial charge in [-0.2, -0.15) is 5.10 Å². The van der Waals surface area contributed by atoms with Crippen molar-refractivity contribution < 1.29 is 4.74 Å². The fourth-order valence-electron chi connectivity index (χ4n) is 4.12. The second-order valence-electron chi connectivity index (χ2n) is 7.72. The molecule has 144 valence electrons. The molecule has 3 heterocycles. The van der Waals surface area contributed by atoms with Crippen molar-refractivity contribution in [2.24, 2.45) is 0 Å². The fraction of sp³-hybridized carbons (Fsp3) is 0.348. The number of nitrogens with zero attached hydrogens (tertiary/aromatic N) is 4. The summed E-state index contributed by atoms with van der Waals surface area (Å²) in [6.07, 6.45) is 5.19. The summed E-state index contributed by atoms with van der Waals surface area (Å²) in [7, 11) is 0. The predicted molar refractivity (Wildman–Crippen MR) is 110 cm³/mol. The highest BCUT2D eigenvalue weighted by molar-refractivity contribution is 5.39. The second kappa shape index (κ2) is 7.78. The van der Waals surface area contributed by atoms with Gasteiger partial charge in [-0.25, -0.2) is 4.68 Å². The van der Waals surface area contributed by atoms with E-state index in [1.807, 2.05) is 29.1 Å². The topological polar surface area (TPSA) is 33.5 Å². The third-order valence-electron chi connectivity index (χ3n) is 5.69. The Morgan fingerprint density at radius 2 is 1.61 bits per heavy atom. The highest BCUT2D eigenvalue weighted by atomic mass is 16.5. The van der Waals surface area contributed by atoms with Gasteiger partial charge in [0, 0.05) is 57.4 Å². The predicted octanol–water partition coefficient (Wildman–Crippen LogP) is 3.13. The zero-order valence-corrected chi connectivity index (χ0v) is 16.1. The molecular formula is C23H26N4O. The molecule has 28 heavy (non-hydrogen) atoms. The van der Waals surface area contributed by atoms with Gasteiger partial charge in [-0.3, -0.25) is 9.80 Å². The maximum Gasteiger partial charge on any atom is 0.122 e. The molecule has 3 aromatic rings. The van der Waals surface area contributed by atoms with Crippen molar-refractivity contribution in [2.75, 3.05) is 32.8 Å². The first-order chi connectivity index (χ1) is 13.8. The van der Waals surface area contributed by atoms with Crippen molar-refractivity contribution in [1.29, 1.82) is 0 Å². The Kier molecular flexibility index (Phi) is 4.85. The number of hydrogen-bond donors (Lipinski definition) is 0. The van der Waals surface area contributed by atoms with Crippen molar-refractivity contribution in [3.63, 3.8) is 0 Å². The maximum absolute atomic E-state index is 5.62. The van der Waals surface area contributed by atoms with E-state index < -0.39 is 0 Å². The molecule has 5 nitrogen and oxygen atoms in total. The second-order valence-corrected chi connectivity index (χ2v) is 7.72. The molecule has 0 N–H and O–H groups in total. The molecule has 0 atom stereocenters. The first-order valence-corrected chi connectivity index (χ1v) is 10.1. The summed E-state index contributed by atoms with van der Waals surface area (Å²) in [6.45, 7) is 7.26. The van der Waals surface area contributed by atoms with Gasteiger partial charge in [0.2, 0.25) is 0 Å². The van der Waals surface area contributed by atoms with E-state index in [4.69, 9.17) is 4.74 Å². The zero-order chi connectivity index (χ0) is 18.8. The average molecular weight is 374 g/mol. The van der Waals surface area contributed by atoms with Crippen LogP contribution in [0.2, 0.25) is 0 Å². The molecule has 0 saturated carbocycles. The van der Waals surface area contributed by atoms with Crippen LogP contribution in [-0.2, 0) is 19.5 Å². The number of piperazine rings is 1. The number of benzene rings is 2. The van der Waals surface area contributed by atoms with Crippen LogP contribution >= 0.6 is 0 Å². The first kappa shape index (κ1) is 17.5. The smallest absolute Gasteiger partial charge is 0.122 e. The molecule has 2 aliphatic heterocycles. The zero-order valence-electron chi connectivity index (χ0n) is 16.1. The van der Waals surface area contributed by atoms with Gasteiger partial charge in [-0.15, -0.1) is 0 Å². The summed E-state index contributed by atoms with van der Waals surface area (Å²) < 4.78 is 7.58. The molecule has 2 aliphatic rings. The van der Waals surface area contributed by atoms with E-state index in [0.29, 0.717) is 0 Å². The van der Waals surface area contributed by atoms with Gasteiger partial charge >= 0.3 is 0 Å². The molecule has 0 unspecified atom stereocenters. The lowest BCUT2D eigenvalue weighted by atomic mass is 10.1. The lowest BCUT2D eigenvalue weighted by Gasteiger charge is -2.34. The summed E-state index contributed by atoms with van der Waals surface area (Å²) in [5.41, 5.74) is 5.16. The van der Waals surface area contributed by atoms with Crippen LogP contribution in [0.1, 0.15) is 16.7 Å². The SMILES string of the molecule is c1ccc(-n2cc(CN3CCN(Cc4ccc5c(c4)CCO5)CC3)cn2)cc1. The molecule has 0 bridgehead atoms. The number of aromatic nitrogens is 2.